The van der Waals surface area contributed by atoms with Crippen molar-refractivity contribution in [3.8, 4) is 0 Å². The summed E-state index contributed by atoms with van der Waals surface area (Å²) in [4.78, 5) is 26.3. The molecule has 114 valence electrons. The number of likely N-dealkylation sites (N-methyl/N-ethyl adjacent to an activating group) is 1. The molecule has 6 nitrogen and oxygen atoms in total. The Morgan fingerprint density at radius 1 is 1.55 bits per heavy atom. The summed E-state index contributed by atoms with van der Waals surface area (Å²) in [6, 6.07) is -0.410. The van der Waals surface area contributed by atoms with Crippen molar-refractivity contribution in [1.82, 2.24) is 15.1 Å². The Morgan fingerprint density at radius 3 is 2.80 bits per heavy atom. The van der Waals surface area contributed by atoms with Crippen molar-refractivity contribution in [3.05, 3.63) is 0 Å². The number of rotatable bonds is 3. The van der Waals surface area contributed by atoms with E-state index in [0.717, 1.165) is 0 Å². The fourth-order valence-electron chi connectivity index (χ4n) is 2.52. The van der Waals surface area contributed by atoms with Crippen molar-refractivity contribution in [2.24, 2.45) is 0 Å². The highest BCUT2D eigenvalue weighted by molar-refractivity contribution is 5.82. The number of piperazine rings is 1. The minimum atomic E-state index is -3.40. The van der Waals surface area contributed by atoms with E-state index in [1.165, 1.54) is 4.90 Å². The van der Waals surface area contributed by atoms with Crippen LogP contribution in [0.1, 0.15) is 6.42 Å². The number of cyclic esters (lactones) is 1. The Hall–Kier alpha value is -1.28. The number of halogens is 2. The van der Waals surface area contributed by atoms with Crippen LogP contribution in [0.3, 0.4) is 0 Å². The molecule has 2 rings (SSSR count). The van der Waals surface area contributed by atoms with Gasteiger partial charge in [0.05, 0.1) is 6.42 Å². The highest BCUT2D eigenvalue weighted by Gasteiger charge is 2.51. The van der Waals surface area contributed by atoms with E-state index < -0.39 is 30.5 Å². The summed E-state index contributed by atoms with van der Waals surface area (Å²) in [5.41, 5.74) is 0. The number of carbonyl (C=O) groups excluding carboxylic acids is 2. The fourth-order valence-corrected chi connectivity index (χ4v) is 2.52. The lowest BCUT2D eigenvalue weighted by molar-refractivity contribution is -0.159. The first-order valence-electron chi connectivity index (χ1n) is 6.56. The van der Waals surface area contributed by atoms with Crippen LogP contribution < -0.4 is 5.32 Å². The summed E-state index contributed by atoms with van der Waals surface area (Å²) in [6.45, 7) is 1.86. The predicted octanol–water partition coefficient (Wildman–Crippen LogP) is -0.701. The van der Waals surface area contributed by atoms with Gasteiger partial charge in [-0.25, -0.2) is 4.79 Å². The molecule has 8 heteroatoms. The number of alkyl halides is 2. The SMILES string of the molecule is CN(C)C(=O)C1CNCCN1CC1CC(F)(F)C(=O)O1. The zero-order valence-electron chi connectivity index (χ0n) is 11.6. The summed E-state index contributed by atoms with van der Waals surface area (Å²) in [6.07, 6.45) is -1.47. The van der Waals surface area contributed by atoms with Crippen LogP contribution in [0.2, 0.25) is 0 Å². The molecule has 20 heavy (non-hydrogen) atoms. The number of carbonyl (C=O) groups is 2. The molecule has 0 aromatic rings. The minimum Gasteiger partial charge on any atom is -0.456 e. The molecule has 0 spiro atoms. The van der Waals surface area contributed by atoms with Gasteiger partial charge >= 0.3 is 11.9 Å². The molecule has 2 heterocycles. The molecule has 2 saturated heterocycles. The van der Waals surface area contributed by atoms with E-state index in [9.17, 15) is 18.4 Å². The third-order valence-corrected chi connectivity index (χ3v) is 3.57. The highest BCUT2D eigenvalue weighted by Crippen LogP contribution is 2.31. The molecule has 2 aliphatic rings. The van der Waals surface area contributed by atoms with Crippen molar-refractivity contribution >= 4 is 11.9 Å². The fraction of sp³-hybridized carbons (Fsp3) is 0.833. The van der Waals surface area contributed by atoms with Gasteiger partial charge in [-0.15, -0.1) is 0 Å². The summed E-state index contributed by atoms with van der Waals surface area (Å²) < 4.78 is 31.0. The summed E-state index contributed by atoms with van der Waals surface area (Å²) in [7, 11) is 3.30. The number of hydrogen-bond acceptors (Lipinski definition) is 5. The van der Waals surface area contributed by atoms with Crippen LogP contribution in [0.25, 0.3) is 0 Å². The predicted molar refractivity (Wildman–Crippen MR) is 66.4 cm³/mol. The van der Waals surface area contributed by atoms with Gasteiger partial charge in [-0.3, -0.25) is 9.69 Å². The standard InChI is InChI=1S/C12H19F2N3O3/c1-16(2)10(18)9-6-15-3-4-17(9)7-8-5-12(13,14)11(19)20-8/h8-9,15H,3-7H2,1-2H3. The Labute approximate surface area is 116 Å². The number of nitrogens with zero attached hydrogens (tertiary/aromatic N) is 2. The largest absolute Gasteiger partial charge is 0.456 e. The molecule has 2 unspecified atom stereocenters. The van der Waals surface area contributed by atoms with Gasteiger partial charge in [0, 0.05) is 40.3 Å². The molecule has 0 aliphatic carbocycles. The maximum atomic E-state index is 13.1. The van der Waals surface area contributed by atoms with Crippen LogP contribution in [-0.4, -0.2) is 80.0 Å². The van der Waals surface area contributed by atoms with E-state index in [-0.39, 0.29) is 12.5 Å². The van der Waals surface area contributed by atoms with Gasteiger partial charge in [0.15, 0.2) is 0 Å². The van der Waals surface area contributed by atoms with Crippen molar-refractivity contribution in [1.29, 1.82) is 0 Å². The van der Waals surface area contributed by atoms with E-state index in [0.29, 0.717) is 19.6 Å². The van der Waals surface area contributed by atoms with Gasteiger partial charge in [-0.1, -0.05) is 0 Å². The van der Waals surface area contributed by atoms with E-state index in [1.807, 2.05) is 0 Å². The molecule has 0 aromatic carbocycles. The second-order valence-electron chi connectivity index (χ2n) is 5.38. The van der Waals surface area contributed by atoms with Gasteiger partial charge in [0.1, 0.15) is 12.1 Å². The Bertz CT molecular complexity index is 403. The maximum Gasteiger partial charge on any atom is 0.377 e. The monoisotopic (exact) mass is 291 g/mol. The molecule has 0 radical (unpaired) electrons. The molecule has 2 aliphatic heterocycles. The third kappa shape index (κ3) is 3.06. The Kier molecular flexibility index (Phi) is 4.24. The molecule has 1 N–H and O–H groups in total. The lowest BCUT2D eigenvalue weighted by Gasteiger charge is -2.37. The van der Waals surface area contributed by atoms with Crippen LogP contribution in [0, 0.1) is 0 Å². The number of esters is 1. The van der Waals surface area contributed by atoms with Gasteiger partial charge in [-0.05, 0) is 0 Å². The van der Waals surface area contributed by atoms with Gasteiger partial charge < -0.3 is 15.0 Å². The molecule has 0 saturated carbocycles. The summed E-state index contributed by atoms with van der Waals surface area (Å²) >= 11 is 0. The van der Waals surface area contributed by atoms with Gasteiger partial charge in [0.25, 0.3) is 0 Å². The smallest absolute Gasteiger partial charge is 0.377 e. The second kappa shape index (κ2) is 5.61. The van der Waals surface area contributed by atoms with E-state index in [2.05, 4.69) is 5.32 Å². The molecular weight excluding hydrogens is 272 g/mol. The van der Waals surface area contributed by atoms with Gasteiger partial charge in [0.2, 0.25) is 5.91 Å². The van der Waals surface area contributed by atoms with E-state index in [4.69, 9.17) is 4.74 Å². The Balaban J connectivity index is 2.00. The first-order valence-corrected chi connectivity index (χ1v) is 6.56. The second-order valence-corrected chi connectivity index (χ2v) is 5.38. The van der Waals surface area contributed by atoms with E-state index in [1.54, 1.807) is 19.0 Å². The highest BCUT2D eigenvalue weighted by atomic mass is 19.3. The van der Waals surface area contributed by atoms with E-state index >= 15 is 0 Å². The van der Waals surface area contributed by atoms with Crippen LogP contribution in [-0.2, 0) is 14.3 Å². The number of nitrogens with one attached hydrogen (secondary N) is 1. The van der Waals surface area contributed by atoms with Crippen molar-refractivity contribution < 1.29 is 23.1 Å². The minimum absolute atomic E-state index is 0.0896. The zero-order valence-corrected chi connectivity index (χ0v) is 11.6. The normalized spacial score (nSPS) is 30.1. The Morgan fingerprint density at radius 2 is 2.25 bits per heavy atom. The first-order chi connectivity index (χ1) is 9.31. The van der Waals surface area contributed by atoms with Crippen molar-refractivity contribution in [2.75, 3.05) is 40.3 Å². The van der Waals surface area contributed by atoms with Crippen molar-refractivity contribution in [3.63, 3.8) is 0 Å². The lowest BCUT2D eigenvalue weighted by Crippen LogP contribution is -2.59. The zero-order chi connectivity index (χ0) is 14.9. The average Bonchev–Trinajstić information content (AvgIpc) is 2.62. The van der Waals surface area contributed by atoms with Crippen LogP contribution in [0.15, 0.2) is 0 Å². The molecule has 2 atom stereocenters. The number of ether oxygens (including phenoxy) is 1. The molecule has 0 aromatic heterocycles. The number of hydrogen-bond donors (Lipinski definition) is 1. The molecule has 1 amide bonds. The van der Waals surface area contributed by atoms with Gasteiger partial charge in [-0.2, -0.15) is 8.78 Å². The average molecular weight is 291 g/mol. The quantitative estimate of drug-likeness (QED) is 0.697. The summed E-state index contributed by atoms with van der Waals surface area (Å²) in [5, 5.41) is 3.11. The van der Waals surface area contributed by atoms with Crippen molar-refractivity contribution in [2.45, 2.75) is 24.5 Å². The van der Waals surface area contributed by atoms with Crippen LogP contribution in [0.4, 0.5) is 8.78 Å². The lowest BCUT2D eigenvalue weighted by atomic mass is 10.1. The number of amides is 1. The topological polar surface area (TPSA) is 61.9 Å². The third-order valence-electron chi connectivity index (χ3n) is 3.57. The first kappa shape index (κ1) is 15.1. The van der Waals surface area contributed by atoms with Crippen LogP contribution >= 0.6 is 0 Å². The summed E-state index contributed by atoms with van der Waals surface area (Å²) in [5.74, 6) is -4.96. The molecule has 0 bridgehead atoms. The molecule has 2 fully saturated rings. The van der Waals surface area contributed by atoms with Crippen LogP contribution in [0.5, 0.6) is 0 Å². The maximum absolute atomic E-state index is 13.1. The molecular formula is C12H19F2N3O3.